The molecule has 0 saturated carbocycles. The first-order chi connectivity index (χ1) is 18.4. The molecule has 0 aliphatic rings. The molecular formula is C28H30Cl3N3O4S. The van der Waals surface area contributed by atoms with Crippen molar-refractivity contribution in [3.63, 3.8) is 0 Å². The number of nitrogens with one attached hydrogen (secondary N) is 1. The van der Waals surface area contributed by atoms with Crippen LogP contribution in [0.1, 0.15) is 25.0 Å². The highest BCUT2D eigenvalue weighted by molar-refractivity contribution is 7.92. The van der Waals surface area contributed by atoms with Gasteiger partial charge in [0.15, 0.2) is 0 Å². The maximum absolute atomic E-state index is 14.0. The number of halogens is 3. The Kier molecular flexibility index (Phi) is 10.7. The second kappa shape index (κ2) is 13.5. The average Bonchev–Trinajstić information content (AvgIpc) is 2.86. The van der Waals surface area contributed by atoms with E-state index in [0.29, 0.717) is 20.6 Å². The Bertz CT molecular complexity index is 1380. The molecule has 208 valence electrons. The van der Waals surface area contributed by atoms with Crippen molar-refractivity contribution in [1.29, 1.82) is 0 Å². The van der Waals surface area contributed by atoms with Gasteiger partial charge in [0.2, 0.25) is 21.8 Å². The topological polar surface area (TPSA) is 86.8 Å². The van der Waals surface area contributed by atoms with Crippen LogP contribution < -0.4 is 9.62 Å². The summed E-state index contributed by atoms with van der Waals surface area (Å²) in [5, 5.41) is 3.95. The van der Waals surface area contributed by atoms with Gasteiger partial charge in [0.05, 0.1) is 11.9 Å². The van der Waals surface area contributed by atoms with Gasteiger partial charge in [-0.15, -0.1) is 0 Å². The Morgan fingerprint density at radius 1 is 0.872 bits per heavy atom. The fraction of sp³-hybridized carbons (Fsp3) is 0.286. The summed E-state index contributed by atoms with van der Waals surface area (Å²) in [5.41, 5.74) is 1.53. The normalized spacial score (nSPS) is 12.2. The molecule has 0 spiro atoms. The molecule has 1 atom stereocenters. The van der Waals surface area contributed by atoms with E-state index in [-0.39, 0.29) is 30.6 Å². The molecule has 11 heteroatoms. The molecule has 2 amide bonds. The maximum Gasteiger partial charge on any atom is 0.244 e. The molecule has 0 aliphatic carbocycles. The smallest absolute Gasteiger partial charge is 0.244 e. The molecule has 1 N–H and O–H groups in total. The van der Waals surface area contributed by atoms with Crippen molar-refractivity contribution < 1.29 is 18.0 Å². The highest BCUT2D eigenvalue weighted by atomic mass is 35.5. The molecule has 0 radical (unpaired) electrons. The van der Waals surface area contributed by atoms with Gasteiger partial charge in [0.1, 0.15) is 12.6 Å². The SMILES string of the molecule is CC(C)NC(=O)[C@H](Cc1ccccc1)N(Cc1c(Cl)cccc1Cl)C(=O)CN(c1ccc(Cl)cc1)S(C)(=O)=O. The van der Waals surface area contributed by atoms with Gasteiger partial charge in [-0.25, -0.2) is 8.42 Å². The minimum atomic E-state index is -3.88. The number of hydrogen-bond acceptors (Lipinski definition) is 4. The van der Waals surface area contributed by atoms with Gasteiger partial charge < -0.3 is 10.2 Å². The molecular weight excluding hydrogens is 581 g/mol. The standard InChI is InChI=1S/C28H30Cl3N3O4S/c1-19(2)32-28(36)26(16-20-8-5-4-6-9-20)33(17-23-24(30)10-7-11-25(23)31)27(35)18-34(39(3,37)38)22-14-12-21(29)13-15-22/h4-15,19,26H,16-18H2,1-3H3,(H,32,36)/t26-/m0/s1. The number of amides is 2. The van der Waals surface area contributed by atoms with Gasteiger partial charge in [0.25, 0.3) is 0 Å². The molecule has 3 aromatic carbocycles. The Morgan fingerprint density at radius 2 is 1.46 bits per heavy atom. The first kappa shape index (κ1) is 30.8. The zero-order chi connectivity index (χ0) is 28.7. The summed E-state index contributed by atoms with van der Waals surface area (Å²) in [6, 6.07) is 19.1. The van der Waals surface area contributed by atoms with Gasteiger partial charge in [-0.1, -0.05) is 71.2 Å². The molecule has 7 nitrogen and oxygen atoms in total. The summed E-state index contributed by atoms with van der Waals surface area (Å²) in [6.07, 6.45) is 1.20. The summed E-state index contributed by atoms with van der Waals surface area (Å²) in [4.78, 5) is 28.9. The largest absolute Gasteiger partial charge is 0.352 e. The Morgan fingerprint density at radius 3 is 2.00 bits per heavy atom. The second-order valence-corrected chi connectivity index (χ2v) is 12.5. The molecule has 0 bridgehead atoms. The summed E-state index contributed by atoms with van der Waals surface area (Å²) < 4.78 is 26.5. The van der Waals surface area contributed by atoms with E-state index in [2.05, 4.69) is 5.32 Å². The van der Waals surface area contributed by atoms with Crippen LogP contribution >= 0.6 is 34.8 Å². The van der Waals surface area contributed by atoms with Crippen molar-refractivity contribution in [2.24, 2.45) is 0 Å². The lowest BCUT2D eigenvalue weighted by atomic mass is 10.0. The molecule has 0 aromatic heterocycles. The highest BCUT2D eigenvalue weighted by Gasteiger charge is 2.34. The predicted octanol–water partition coefficient (Wildman–Crippen LogP) is 5.58. The first-order valence-electron chi connectivity index (χ1n) is 12.2. The summed E-state index contributed by atoms with van der Waals surface area (Å²) in [5.74, 6) is -0.992. The minimum absolute atomic E-state index is 0.113. The van der Waals surface area contributed by atoms with Crippen molar-refractivity contribution >= 4 is 62.3 Å². The van der Waals surface area contributed by atoms with Crippen LogP contribution in [0, 0.1) is 0 Å². The van der Waals surface area contributed by atoms with Crippen molar-refractivity contribution in [2.45, 2.75) is 38.9 Å². The van der Waals surface area contributed by atoms with Crippen molar-refractivity contribution in [1.82, 2.24) is 10.2 Å². The quantitative estimate of drug-likeness (QED) is 0.307. The van der Waals surface area contributed by atoms with Crippen LogP contribution in [0.25, 0.3) is 0 Å². The third kappa shape index (κ3) is 8.60. The first-order valence-corrected chi connectivity index (χ1v) is 15.1. The van der Waals surface area contributed by atoms with Crippen LogP contribution in [0.15, 0.2) is 72.8 Å². The minimum Gasteiger partial charge on any atom is -0.352 e. The van der Waals surface area contributed by atoms with Crippen LogP contribution in [0.3, 0.4) is 0 Å². The number of anilines is 1. The summed E-state index contributed by atoms with van der Waals surface area (Å²) in [6.45, 7) is 2.97. The van der Waals surface area contributed by atoms with Crippen LogP contribution in [0.4, 0.5) is 5.69 Å². The van der Waals surface area contributed by atoms with E-state index in [1.54, 1.807) is 18.2 Å². The molecule has 0 unspecified atom stereocenters. The van der Waals surface area contributed by atoms with Gasteiger partial charge in [-0.05, 0) is 55.8 Å². The molecule has 0 aliphatic heterocycles. The highest BCUT2D eigenvalue weighted by Crippen LogP contribution is 2.28. The second-order valence-electron chi connectivity index (χ2n) is 9.34. The third-order valence-corrected chi connectivity index (χ3v) is 7.99. The van der Waals surface area contributed by atoms with Gasteiger partial charge in [-0.3, -0.25) is 13.9 Å². The number of hydrogen-bond donors (Lipinski definition) is 1. The van der Waals surface area contributed by atoms with Crippen molar-refractivity contribution in [2.75, 3.05) is 17.1 Å². The number of sulfonamides is 1. The fourth-order valence-electron chi connectivity index (χ4n) is 4.01. The Hall–Kier alpha value is -2.78. The Balaban J connectivity index is 2.09. The van der Waals surface area contributed by atoms with E-state index in [4.69, 9.17) is 34.8 Å². The van der Waals surface area contributed by atoms with Crippen LogP contribution in [0.2, 0.25) is 15.1 Å². The maximum atomic E-state index is 14.0. The zero-order valence-corrected chi connectivity index (χ0v) is 24.9. The zero-order valence-electron chi connectivity index (χ0n) is 21.8. The summed E-state index contributed by atoms with van der Waals surface area (Å²) >= 11 is 18.9. The molecule has 3 rings (SSSR count). The van der Waals surface area contributed by atoms with Gasteiger partial charge in [0, 0.05) is 39.6 Å². The van der Waals surface area contributed by atoms with Crippen LogP contribution in [-0.4, -0.2) is 50.0 Å². The monoisotopic (exact) mass is 609 g/mol. The van der Waals surface area contributed by atoms with Crippen LogP contribution in [-0.2, 0) is 32.6 Å². The van der Waals surface area contributed by atoms with Crippen LogP contribution in [0.5, 0.6) is 0 Å². The number of rotatable bonds is 11. The lowest BCUT2D eigenvalue weighted by Crippen LogP contribution is -2.54. The number of nitrogens with zero attached hydrogens (tertiary/aromatic N) is 2. The number of benzene rings is 3. The molecule has 39 heavy (non-hydrogen) atoms. The predicted molar refractivity (Wildman–Crippen MR) is 158 cm³/mol. The summed E-state index contributed by atoms with van der Waals surface area (Å²) in [7, 11) is -3.88. The molecule has 0 fully saturated rings. The molecule has 0 saturated heterocycles. The van der Waals surface area contributed by atoms with E-state index < -0.39 is 28.5 Å². The average molecular weight is 611 g/mol. The van der Waals surface area contributed by atoms with Crippen molar-refractivity contribution in [3.05, 3.63) is 99.0 Å². The molecule has 0 heterocycles. The number of carbonyl (C=O) groups excluding carboxylic acids is 2. The van der Waals surface area contributed by atoms with E-state index in [1.165, 1.54) is 29.2 Å². The lowest BCUT2D eigenvalue weighted by Gasteiger charge is -2.34. The Labute approximate surface area is 244 Å². The fourth-order valence-corrected chi connectivity index (χ4v) is 5.50. The van der Waals surface area contributed by atoms with Gasteiger partial charge in [-0.2, -0.15) is 0 Å². The van der Waals surface area contributed by atoms with Gasteiger partial charge >= 0.3 is 0 Å². The lowest BCUT2D eigenvalue weighted by molar-refractivity contribution is -0.140. The van der Waals surface area contributed by atoms with E-state index in [1.807, 2.05) is 44.2 Å². The van der Waals surface area contributed by atoms with E-state index >= 15 is 0 Å². The van der Waals surface area contributed by atoms with Crippen molar-refractivity contribution in [3.8, 4) is 0 Å². The number of carbonyl (C=O) groups is 2. The van der Waals surface area contributed by atoms with E-state index in [0.717, 1.165) is 16.1 Å². The van der Waals surface area contributed by atoms with E-state index in [9.17, 15) is 18.0 Å². The third-order valence-electron chi connectivity index (χ3n) is 5.89. The molecule has 3 aromatic rings.